The molecule has 0 saturated carbocycles. The summed E-state index contributed by atoms with van der Waals surface area (Å²) in [5, 5.41) is 14.2. The van der Waals surface area contributed by atoms with Gasteiger partial charge in [-0.2, -0.15) is 5.10 Å². The van der Waals surface area contributed by atoms with Gasteiger partial charge in [-0.1, -0.05) is 13.8 Å². The van der Waals surface area contributed by atoms with E-state index in [1.165, 1.54) is 29.8 Å². The molecule has 126 valence electrons. The molecule has 0 radical (unpaired) electrons. The van der Waals surface area contributed by atoms with Crippen LogP contribution in [0.15, 0.2) is 0 Å². The Morgan fingerprint density at radius 3 is 2.41 bits per heavy atom. The molecule has 0 amide bonds. The normalized spacial score (nSPS) is 17.5. The molecular weight excluding hydrogens is 276 g/mol. The van der Waals surface area contributed by atoms with Gasteiger partial charge in [-0.25, -0.2) is 0 Å². The number of aryl methyl sites for hydroxylation is 2. The van der Waals surface area contributed by atoms with Crippen LogP contribution < -0.4 is 0 Å². The van der Waals surface area contributed by atoms with Crippen molar-refractivity contribution in [1.29, 1.82) is 0 Å². The molecule has 1 saturated heterocycles. The molecule has 2 heterocycles. The molecule has 5 nitrogen and oxygen atoms in total. The highest BCUT2D eigenvalue weighted by Gasteiger charge is 2.25. The van der Waals surface area contributed by atoms with Crippen LogP contribution >= 0.6 is 0 Å². The fraction of sp³-hybridized carbons (Fsp3) is 0.824. The summed E-state index contributed by atoms with van der Waals surface area (Å²) in [5.41, 5.74) is 3.95. The molecule has 5 heteroatoms. The minimum Gasteiger partial charge on any atom is -0.395 e. The highest BCUT2D eigenvalue weighted by atomic mass is 16.3. The van der Waals surface area contributed by atoms with E-state index >= 15 is 0 Å². The average Bonchev–Trinajstić information content (AvgIpc) is 2.82. The third-order valence-electron chi connectivity index (χ3n) is 4.98. The van der Waals surface area contributed by atoms with Gasteiger partial charge in [0.25, 0.3) is 0 Å². The second kappa shape index (κ2) is 8.09. The first-order valence-corrected chi connectivity index (χ1v) is 8.67. The standard InChI is InChI=1S/C17H32N4O/c1-5-16-15(17(6-2)20(4)18-16)13-21(11-12-22)14-7-9-19(3)10-8-14/h14,22H,5-13H2,1-4H3. The Labute approximate surface area is 134 Å². The van der Waals surface area contributed by atoms with E-state index in [1.807, 2.05) is 11.7 Å². The van der Waals surface area contributed by atoms with Gasteiger partial charge in [0, 0.05) is 37.4 Å². The first-order chi connectivity index (χ1) is 10.6. The summed E-state index contributed by atoms with van der Waals surface area (Å²) in [6.45, 7) is 8.60. The fourth-order valence-corrected chi connectivity index (χ4v) is 3.65. The second-order valence-electron chi connectivity index (χ2n) is 6.43. The molecule has 1 aliphatic heterocycles. The monoisotopic (exact) mass is 308 g/mol. The van der Waals surface area contributed by atoms with Crippen molar-refractivity contribution in [3.63, 3.8) is 0 Å². The Kier molecular flexibility index (Phi) is 6.41. The summed E-state index contributed by atoms with van der Waals surface area (Å²) >= 11 is 0. The Hall–Kier alpha value is -0.910. The van der Waals surface area contributed by atoms with Gasteiger partial charge in [-0.05, 0) is 45.8 Å². The third-order valence-corrected chi connectivity index (χ3v) is 4.98. The summed E-state index contributed by atoms with van der Waals surface area (Å²) in [6, 6.07) is 0.581. The molecule has 0 atom stereocenters. The van der Waals surface area contributed by atoms with Gasteiger partial charge >= 0.3 is 0 Å². The summed E-state index contributed by atoms with van der Waals surface area (Å²) in [5.74, 6) is 0. The van der Waals surface area contributed by atoms with Crippen molar-refractivity contribution in [2.45, 2.75) is 52.1 Å². The number of aliphatic hydroxyl groups is 1. The number of piperidine rings is 1. The number of rotatable bonds is 7. The molecule has 0 spiro atoms. The Morgan fingerprint density at radius 2 is 1.86 bits per heavy atom. The number of nitrogens with zero attached hydrogens (tertiary/aromatic N) is 4. The maximum Gasteiger partial charge on any atom is 0.0669 e. The topological polar surface area (TPSA) is 44.5 Å². The minimum atomic E-state index is 0.232. The van der Waals surface area contributed by atoms with Crippen molar-refractivity contribution in [3.05, 3.63) is 17.0 Å². The number of hydrogen-bond acceptors (Lipinski definition) is 4. The van der Waals surface area contributed by atoms with Gasteiger partial charge in [0.05, 0.1) is 12.3 Å². The average molecular weight is 308 g/mol. The zero-order chi connectivity index (χ0) is 16.1. The lowest BCUT2D eigenvalue weighted by molar-refractivity contribution is 0.0937. The number of aromatic nitrogens is 2. The van der Waals surface area contributed by atoms with Crippen LogP contribution in [0.3, 0.4) is 0 Å². The summed E-state index contributed by atoms with van der Waals surface area (Å²) in [4.78, 5) is 4.87. The highest BCUT2D eigenvalue weighted by molar-refractivity contribution is 5.26. The van der Waals surface area contributed by atoms with Gasteiger partial charge < -0.3 is 10.0 Å². The quantitative estimate of drug-likeness (QED) is 0.828. The molecule has 0 unspecified atom stereocenters. The Morgan fingerprint density at radius 1 is 1.18 bits per heavy atom. The number of likely N-dealkylation sites (tertiary alicyclic amines) is 1. The van der Waals surface area contributed by atoms with Crippen molar-refractivity contribution in [1.82, 2.24) is 19.6 Å². The summed E-state index contributed by atoms with van der Waals surface area (Å²) in [6.07, 6.45) is 4.38. The fourth-order valence-electron chi connectivity index (χ4n) is 3.65. The van der Waals surface area contributed by atoms with Gasteiger partial charge in [0.15, 0.2) is 0 Å². The Bertz CT molecular complexity index is 463. The maximum absolute atomic E-state index is 9.48. The van der Waals surface area contributed by atoms with Crippen molar-refractivity contribution in [2.24, 2.45) is 7.05 Å². The summed E-state index contributed by atoms with van der Waals surface area (Å²) < 4.78 is 2.04. The van der Waals surface area contributed by atoms with E-state index in [9.17, 15) is 5.11 Å². The molecule has 1 fully saturated rings. The van der Waals surface area contributed by atoms with Gasteiger partial charge in [0.2, 0.25) is 0 Å². The molecule has 1 aliphatic rings. The SMILES string of the molecule is CCc1nn(C)c(CC)c1CN(CCO)C1CCN(C)CC1. The predicted octanol–water partition coefficient (Wildman–Crippen LogP) is 1.43. The van der Waals surface area contributed by atoms with E-state index in [0.29, 0.717) is 6.04 Å². The van der Waals surface area contributed by atoms with Crippen LogP contribution in [0.25, 0.3) is 0 Å². The predicted molar refractivity (Wildman–Crippen MR) is 90.0 cm³/mol. The zero-order valence-electron chi connectivity index (χ0n) is 14.7. The lowest BCUT2D eigenvalue weighted by Crippen LogP contribution is -2.44. The first kappa shape index (κ1) is 17.4. The number of aliphatic hydroxyl groups excluding tert-OH is 1. The van der Waals surface area contributed by atoms with Gasteiger partial charge in [0.1, 0.15) is 0 Å². The smallest absolute Gasteiger partial charge is 0.0669 e. The van der Waals surface area contributed by atoms with Crippen molar-refractivity contribution in [3.8, 4) is 0 Å². The highest BCUT2D eigenvalue weighted by Crippen LogP contribution is 2.22. The zero-order valence-corrected chi connectivity index (χ0v) is 14.7. The van der Waals surface area contributed by atoms with Crippen molar-refractivity contribution < 1.29 is 5.11 Å². The first-order valence-electron chi connectivity index (χ1n) is 8.67. The Balaban J connectivity index is 2.17. The van der Waals surface area contributed by atoms with Crippen LogP contribution in [0.2, 0.25) is 0 Å². The van der Waals surface area contributed by atoms with Crippen LogP contribution in [0.1, 0.15) is 43.6 Å². The lowest BCUT2D eigenvalue weighted by Gasteiger charge is -2.37. The van der Waals surface area contributed by atoms with E-state index in [0.717, 1.165) is 39.0 Å². The molecule has 22 heavy (non-hydrogen) atoms. The van der Waals surface area contributed by atoms with E-state index < -0.39 is 0 Å². The van der Waals surface area contributed by atoms with Crippen molar-refractivity contribution >= 4 is 0 Å². The molecule has 0 aliphatic carbocycles. The lowest BCUT2D eigenvalue weighted by atomic mass is 10.0. The minimum absolute atomic E-state index is 0.232. The van der Waals surface area contributed by atoms with E-state index in [4.69, 9.17) is 0 Å². The third kappa shape index (κ3) is 3.89. The molecular formula is C17H32N4O. The van der Waals surface area contributed by atoms with Crippen LogP contribution in [0, 0.1) is 0 Å². The second-order valence-corrected chi connectivity index (χ2v) is 6.43. The largest absolute Gasteiger partial charge is 0.395 e. The van der Waals surface area contributed by atoms with Crippen LogP contribution in [0.5, 0.6) is 0 Å². The van der Waals surface area contributed by atoms with E-state index in [1.54, 1.807) is 0 Å². The van der Waals surface area contributed by atoms with Crippen LogP contribution in [-0.4, -0.2) is 64.0 Å². The molecule has 1 N–H and O–H groups in total. The molecule has 1 aromatic heterocycles. The molecule has 2 rings (SSSR count). The van der Waals surface area contributed by atoms with Gasteiger partial charge in [-0.3, -0.25) is 9.58 Å². The molecule has 1 aromatic rings. The van der Waals surface area contributed by atoms with Crippen LogP contribution in [0.4, 0.5) is 0 Å². The van der Waals surface area contributed by atoms with E-state index in [2.05, 4.69) is 35.8 Å². The molecule has 0 aromatic carbocycles. The molecule has 0 bridgehead atoms. The van der Waals surface area contributed by atoms with Crippen LogP contribution in [-0.2, 0) is 26.4 Å². The summed E-state index contributed by atoms with van der Waals surface area (Å²) in [7, 11) is 4.24. The van der Waals surface area contributed by atoms with E-state index in [-0.39, 0.29) is 6.61 Å². The maximum atomic E-state index is 9.48. The number of hydrogen-bond donors (Lipinski definition) is 1. The van der Waals surface area contributed by atoms with Gasteiger partial charge in [-0.15, -0.1) is 0 Å². The van der Waals surface area contributed by atoms with Crippen molar-refractivity contribution in [2.75, 3.05) is 33.3 Å².